The lowest BCUT2D eigenvalue weighted by Gasteiger charge is -2.11. The summed E-state index contributed by atoms with van der Waals surface area (Å²) in [6.45, 7) is 0.785. The van der Waals surface area contributed by atoms with Gasteiger partial charge in [-0.3, -0.25) is 4.79 Å². The number of benzene rings is 1. The summed E-state index contributed by atoms with van der Waals surface area (Å²) in [5, 5.41) is 0. The Bertz CT molecular complexity index is 869. The summed E-state index contributed by atoms with van der Waals surface area (Å²) in [6, 6.07) is 11.1. The smallest absolute Gasteiger partial charge is 0.172 e. The van der Waals surface area contributed by atoms with Crippen molar-refractivity contribution >= 4 is 6.29 Å². The average molecular weight is 336 g/mol. The highest BCUT2D eigenvalue weighted by Crippen LogP contribution is 2.27. The first-order chi connectivity index (χ1) is 12.1. The van der Waals surface area contributed by atoms with E-state index in [0.717, 1.165) is 23.6 Å². The van der Waals surface area contributed by atoms with Crippen LogP contribution in [0.4, 0.5) is 0 Å². The van der Waals surface area contributed by atoms with E-state index in [1.165, 1.54) is 0 Å². The first-order valence-electron chi connectivity index (χ1n) is 7.92. The predicted octanol–water partition coefficient (Wildman–Crippen LogP) is 3.15. The maximum Gasteiger partial charge on any atom is 0.172 e. The molecule has 6 heteroatoms. The number of aldehydes is 1. The molecule has 0 N–H and O–H groups in total. The Balaban J connectivity index is 1.81. The molecule has 6 nitrogen and oxygen atoms in total. The Kier molecular flexibility index (Phi) is 4.90. The van der Waals surface area contributed by atoms with Gasteiger partial charge in [0.05, 0.1) is 18.4 Å². The van der Waals surface area contributed by atoms with Crippen molar-refractivity contribution in [1.82, 2.24) is 19.4 Å². The Labute approximate surface area is 146 Å². The quantitative estimate of drug-likeness (QED) is 0.647. The fourth-order valence-corrected chi connectivity index (χ4v) is 2.54. The SMILES string of the molecule is CN(C)Cc1ncc(-c2ccc(Oc3cccnc3C=O)cc2)n1C. The van der Waals surface area contributed by atoms with Gasteiger partial charge in [0, 0.05) is 18.8 Å². The zero-order chi connectivity index (χ0) is 17.8. The largest absolute Gasteiger partial charge is 0.455 e. The van der Waals surface area contributed by atoms with Crippen molar-refractivity contribution in [3.63, 3.8) is 0 Å². The van der Waals surface area contributed by atoms with Gasteiger partial charge in [0.25, 0.3) is 0 Å². The molecule has 0 bridgehead atoms. The molecule has 0 aliphatic carbocycles. The van der Waals surface area contributed by atoms with E-state index in [-0.39, 0.29) is 5.69 Å². The highest BCUT2D eigenvalue weighted by atomic mass is 16.5. The summed E-state index contributed by atoms with van der Waals surface area (Å²) in [7, 11) is 6.05. The van der Waals surface area contributed by atoms with Gasteiger partial charge < -0.3 is 14.2 Å². The number of nitrogens with zero attached hydrogens (tertiary/aromatic N) is 4. The van der Waals surface area contributed by atoms with Crippen LogP contribution in [0.15, 0.2) is 48.8 Å². The van der Waals surface area contributed by atoms with Crippen molar-refractivity contribution in [1.29, 1.82) is 0 Å². The second-order valence-electron chi connectivity index (χ2n) is 5.99. The average Bonchev–Trinajstić information content (AvgIpc) is 2.96. The molecule has 0 aliphatic rings. The lowest BCUT2D eigenvalue weighted by Crippen LogP contribution is -2.14. The number of carbonyl (C=O) groups is 1. The molecule has 1 aromatic carbocycles. The maximum atomic E-state index is 11.0. The van der Waals surface area contributed by atoms with Crippen LogP contribution in [0, 0.1) is 0 Å². The van der Waals surface area contributed by atoms with E-state index in [9.17, 15) is 4.79 Å². The van der Waals surface area contributed by atoms with E-state index in [4.69, 9.17) is 4.74 Å². The van der Waals surface area contributed by atoms with E-state index in [1.807, 2.05) is 51.6 Å². The molecule has 128 valence electrons. The normalized spacial score (nSPS) is 10.9. The molecule has 2 aromatic heterocycles. The van der Waals surface area contributed by atoms with Crippen molar-refractivity contribution in [3.05, 3.63) is 60.3 Å². The molecule has 0 amide bonds. The molecule has 3 aromatic rings. The number of aromatic nitrogens is 3. The molecular weight excluding hydrogens is 316 g/mol. The molecule has 0 spiro atoms. The molecule has 3 rings (SSSR count). The molecule has 0 saturated heterocycles. The van der Waals surface area contributed by atoms with Crippen LogP contribution in [0.5, 0.6) is 11.5 Å². The Morgan fingerprint density at radius 3 is 2.60 bits per heavy atom. The number of rotatable bonds is 6. The highest BCUT2D eigenvalue weighted by molar-refractivity contribution is 5.76. The molecule has 0 fully saturated rings. The summed E-state index contributed by atoms with van der Waals surface area (Å²) < 4.78 is 7.84. The lowest BCUT2D eigenvalue weighted by molar-refractivity contribution is 0.111. The number of carbonyl (C=O) groups excluding carboxylic acids is 1. The molecule has 0 atom stereocenters. The number of hydrogen-bond donors (Lipinski definition) is 0. The fourth-order valence-electron chi connectivity index (χ4n) is 2.54. The summed E-state index contributed by atoms with van der Waals surface area (Å²) in [4.78, 5) is 21.6. The van der Waals surface area contributed by atoms with Gasteiger partial charge in [-0.05, 0) is 50.5 Å². The number of pyridine rings is 1. The minimum absolute atomic E-state index is 0.284. The minimum atomic E-state index is 0.284. The van der Waals surface area contributed by atoms with Crippen molar-refractivity contribution in [3.8, 4) is 22.8 Å². The van der Waals surface area contributed by atoms with Crippen LogP contribution in [0.1, 0.15) is 16.3 Å². The van der Waals surface area contributed by atoms with Crippen LogP contribution in [0.3, 0.4) is 0 Å². The summed E-state index contributed by atoms with van der Waals surface area (Å²) in [6.07, 6.45) is 4.12. The molecule has 0 aliphatic heterocycles. The van der Waals surface area contributed by atoms with E-state index >= 15 is 0 Å². The van der Waals surface area contributed by atoms with Crippen molar-refractivity contribution in [2.75, 3.05) is 14.1 Å². The van der Waals surface area contributed by atoms with Gasteiger partial charge >= 0.3 is 0 Å². The van der Waals surface area contributed by atoms with Gasteiger partial charge in [-0.25, -0.2) is 9.97 Å². The Hall–Kier alpha value is -2.99. The van der Waals surface area contributed by atoms with Crippen molar-refractivity contribution in [2.45, 2.75) is 6.54 Å². The van der Waals surface area contributed by atoms with Gasteiger partial charge in [-0.1, -0.05) is 0 Å². The van der Waals surface area contributed by atoms with Gasteiger partial charge in [0.15, 0.2) is 12.0 Å². The summed E-state index contributed by atoms with van der Waals surface area (Å²) in [5.74, 6) is 2.10. The molecule has 0 unspecified atom stereocenters. The zero-order valence-corrected chi connectivity index (χ0v) is 14.5. The third-order valence-electron chi connectivity index (χ3n) is 3.83. The van der Waals surface area contributed by atoms with Crippen LogP contribution < -0.4 is 4.74 Å². The minimum Gasteiger partial charge on any atom is -0.455 e. The van der Waals surface area contributed by atoms with Crippen LogP contribution in [-0.2, 0) is 13.6 Å². The molecule has 0 radical (unpaired) electrons. The second kappa shape index (κ2) is 7.27. The number of imidazole rings is 1. The van der Waals surface area contributed by atoms with Gasteiger partial charge in [-0.2, -0.15) is 0 Å². The molecule has 2 heterocycles. The van der Waals surface area contributed by atoms with E-state index < -0.39 is 0 Å². The number of ether oxygens (including phenoxy) is 1. The second-order valence-corrected chi connectivity index (χ2v) is 5.99. The molecule has 0 saturated carbocycles. The van der Waals surface area contributed by atoms with Crippen LogP contribution in [0.25, 0.3) is 11.3 Å². The topological polar surface area (TPSA) is 60.2 Å². The predicted molar refractivity (Wildman–Crippen MR) is 95.7 cm³/mol. The van der Waals surface area contributed by atoms with Gasteiger partial charge in [0.2, 0.25) is 0 Å². The molecular formula is C19H20N4O2. The monoisotopic (exact) mass is 336 g/mol. The third-order valence-corrected chi connectivity index (χ3v) is 3.83. The highest BCUT2D eigenvalue weighted by Gasteiger charge is 2.10. The maximum absolute atomic E-state index is 11.0. The summed E-state index contributed by atoms with van der Waals surface area (Å²) >= 11 is 0. The fraction of sp³-hybridized carbons (Fsp3) is 0.211. The lowest BCUT2D eigenvalue weighted by atomic mass is 10.1. The Morgan fingerprint density at radius 1 is 1.16 bits per heavy atom. The molecule has 25 heavy (non-hydrogen) atoms. The van der Waals surface area contributed by atoms with Gasteiger partial charge in [-0.15, -0.1) is 0 Å². The van der Waals surface area contributed by atoms with E-state index in [2.05, 4.69) is 19.4 Å². The van der Waals surface area contributed by atoms with Crippen molar-refractivity contribution < 1.29 is 9.53 Å². The van der Waals surface area contributed by atoms with Crippen LogP contribution in [-0.4, -0.2) is 39.8 Å². The number of hydrogen-bond acceptors (Lipinski definition) is 5. The van der Waals surface area contributed by atoms with E-state index in [0.29, 0.717) is 17.8 Å². The first kappa shape index (κ1) is 16.9. The zero-order valence-electron chi connectivity index (χ0n) is 14.5. The van der Waals surface area contributed by atoms with E-state index in [1.54, 1.807) is 18.3 Å². The first-order valence-corrected chi connectivity index (χ1v) is 7.92. The van der Waals surface area contributed by atoms with Gasteiger partial charge in [0.1, 0.15) is 17.3 Å². The third kappa shape index (κ3) is 3.75. The Morgan fingerprint density at radius 2 is 1.92 bits per heavy atom. The van der Waals surface area contributed by atoms with Crippen molar-refractivity contribution in [2.24, 2.45) is 7.05 Å². The summed E-state index contributed by atoms with van der Waals surface area (Å²) in [5.41, 5.74) is 2.37. The van der Waals surface area contributed by atoms with Crippen LogP contribution >= 0.6 is 0 Å². The van der Waals surface area contributed by atoms with Crippen LogP contribution in [0.2, 0.25) is 0 Å². The standard InChI is InChI=1S/C19H20N4O2/c1-22(2)12-19-21-11-17(23(19)3)14-6-8-15(9-7-14)25-18-5-4-10-20-16(18)13-24/h4-11,13H,12H2,1-3H3.